The van der Waals surface area contributed by atoms with Crippen molar-refractivity contribution >= 4 is 34.4 Å². The lowest BCUT2D eigenvalue weighted by atomic mass is 9.91. The van der Waals surface area contributed by atoms with Crippen LogP contribution in [0.25, 0.3) is 11.0 Å². The third kappa shape index (κ3) is 3.96. The molecule has 1 aliphatic carbocycles. The molecule has 0 saturated heterocycles. The molecule has 0 radical (unpaired) electrons. The Hall–Kier alpha value is -2.61. The average molecular weight is 405 g/mol. The number of aliphatic imine (C=N–C) groups is 1. The van der Waals surface area contributed by atoms with E-state index in [4.69, 9.17) is 11.6 Å². The van der Waals surface area contributed by atoms with Gasteiger partial charge in [-0.3, -0.25) is 4.79 Å². The number of amidine groups is 1. The highest BCUT2D eigenvalue weighted by Gasteiger charge is 2.25. The van der Waals surface area contributed by atoms with Gasteiger partial charge in [0.05, 0.1) is 11.6 Å². The number of fused-ring (bicyclic) bond motifs is 1. The van der Waals surface area contributed by atoms with Crippen LogP contribution in [-0.4, -0.2) is 40.3 Å². The van der Waals surface area contributed by atoms with Gasteiger partial charge in [0.25, 0.3) is 0 Å². The molecule has 0 unspecified atom stereocenters. The number of aromatic amines is 1. The lowest BCUT2D eigenvalue weighted by molar-refractivity contribution is -0.119. The third-order valence-corrected chi connectivity index (χ3v) is 5.27. The summed E-state index contributed by atoms with van der Waals surface area (Å²) < 4.78 is 14.4. The molecule has 3 heterocycles. The molecule has 2 aliphatic rings. The summed E-state index contributed by atoms with van der Waals surface area (Å²) in [5.41, 5.74) is 1.48. The third-order valence-electron chi connectivity index (χ3n) is 5.07. The summed E-state index contributed by atoms with van der Waals surface area (Å²) in [6.45, 7) is 1.58. The molecule has 28 heavy (non-hydrogen) atoms. The van der Waals surface area contributed by atoms with Crippen LogP contribution < -0.4 is 16.0 Å². The number of pyridine rings is 1. The summed E-state index contributed by atoms with van der Waals surface area (Å²) in [6.07, 6.45) is 6.94. The van der Waals surface area contributed by atoms with Crippen LogP contribution in [0.4, 0.5) is 4.39 Å². The van der Waals surface area contributed by atoms with Crippen molar-refractivity contribution in [3.05, 3.63) is 40.7 Å². The molecule has 2 atom stereocenters. The molecule has 0 spiro atoms. The predicted octanol–water partition coefficient (Wildman–Crippen LogP) is 2.74. The SMILES string of the molecule is CC(=O)N[C@@H]1CCC[C@H](NC2=C(F)CNC(c3c[nH]c4ncc(Cl)cc34)=N2)C1. The van der Waals surface area contributed by atoms with Crippen LogP contribution in [0, 0.1) is 0 Å². The fourth-order valence-electron chi connectivity index (χ4n) is 3.83. The Morgan fingerprint density at radius 2 is 2.18 bits per heavy atom. The van der Waals surface area contributed by atoms with Crippen molar-refractivity contribution in [3.8, 4) is 0 Å². The van der Waals surface area contributed by atoms with Crippen molar-refractivity contribution in [2.45, 2.75) is 44.7 Å². The predicted molar refractivity (Wildman–Crippen MR) is 107 cm³/mol. The van der Waals surface area contributed by atoms with Gasteiger partial charge >= 0.3 is 0 Å². The Labute approximate surface area is 166 Å². The summed E-state index contributed by atoms with van der Waals surface area (Å²) in [6, 6.07) is 1.98. The largest absolute Gasteiger partial charge is 0.365 e. The van der Waals surface area contributed by atoms with Crippen LogP contribution in [0.2, 0.25) is 5.02 Å². The van der Waals surface area contributed by atoms with Crippen molar-refractivity contribution in [1.29, 1.82) is 0 Å². The van der Waals surface area contributed by atoms with E-state index in [1.165, 1.54) is 6.92 Å². The molecule has 1 amide bonds. The minimum Gasteiger partial charge on any atom is -0.365 e. The fraction of sp³-hybridized carbons (Fsp3) is 0.421. The zero-order valence-corrected chi connectivity index (χ0v) is 16.2. The number of H-pyrrole nitrogens is 1. The number of halogens is 2. The number of hydrogen-bond donors (Lipinski definition) is 4. The van der Waals surface area contributed by atoms with E-state index < -0.39 is 0 Å². The second kappa shape index (κ2) is 7.79. The molecule has 0 aromatic carbocycles. The molecule has 1 saturated carbocycles. The van der Waals surface area contributed by atoms with Gasteiger partial charge in [0.1, 0.15) is 11.5 Å². The van der Waals surface area contributed by atoms with Crippen LogP contribution in [0.3, 0.4) is 0 Å². The number of amides is 1. The summed E-state index contributed by atoms with van der Waals surface area (Å²) >= 11 is 6.07. The van der Waals surface area contributed by atoms with Gasteiger partial charge in [0.15, 0.2) is 11.6 Å². The molecule has 4 rings (SSSR count). The first-order chi connectivity index (χ1) is 13.5. The highest BCUT2D eigenvalue weighted by atomic mass is 35.5. The Bertz CT molecular complexity index is 968. The zero-order valence-electron chi connectivity index (χ0n) is 15.5. The molecular weight excluding hydrogens is 383 g/mol. The molecule has 1 fully saturated rings. The topological polar surface area (TPSA) is 94.2 Å². The number of nitrogens with one attached hydrogen (secondary N) is 4. The Morgan fingerprint density at radius 3 is 3.00 bits per heavy atom. The Balaban J connectivity index is 1.55. The maximum Gasteiger partial charge on any atom is 0.217 e. The van der Waals surface area contributed by atoms with E-state index in [1.54, 1.807) is 18.5 Å². The summed E-state index contributed by atoms with van der Waals surface area (Å²) in [4.78, 5) is 23.1. The van der Waals surface area contributed by atoms with Crippen molar-refractivity contribution < 1.29 is 9.18 Å². The van der Waals surface area contributed by atoms with Crippen molar-refractivity contribution in [3.63, 3.8) is 0 Å². The van der Waals surface area contributed by atoms with Gasteiger partial charge in [-0.1, -0.05) is 11.6 Å². The van der Waals surface area contributed by atoms with Gasteiger partial charge in [-0.15, -0.1) is 0 Å². The van der Waals surface area contributed by atoms with Gasteiger partial charge in [-0.25, -0.2) is 14.4 Å². The second-order valence-corrected chi connectivity index (χ2v) is 7.66. The highest BCUT2D eigenvalue weighted by molar-refractivity contribution is 6.31. The highest BCUT2D eigenvalue weighted by Crippen LogP contribution is 2.24. The molecule has 9 heteroatoms. The standard InChI is InChI=1S/C19H22ClFN6O/c1-10(28)25-12-3-2-4-13(6-12)26-19-16(21)9-24-18(27-19)15-8-23-17-14(15)5-11(20)7-22-17/h5,7-8,12-13,26H,2-4,6,9H2,1H3,(H,22,23)(H,24,27)(H,25,28)/t12-,13+/m1/s1. The van der Waals surface area contributed by atoms with Crippen LogP contribution in [0.5, 0.6) is 0 Å². The van der Waals surface area contributed by atoms with Crippen LogP contribution in [0.1, 0.15) is 38.2 Å². The van der Waals surface area contributed by atoms with Gasteiger partial charge in [-0.05, 0) is 31.7 Å². The molecule has 1 aliphatic heterocycles. The Kier molecular flexibility index (Phi) is 5.21. The summed E-state index contributed by atoms with van der Waals surface area (Å²) in [7, 11) is 0. The summed E-state index contributed by atoms with van der Waals surface area (Å²) in [5.74, 6) is 0.436. The fourth-order valence-corrected chi connectivity index (χ4v) is 3.99. The van der Waals surface area contributed by atoms with E-state index in [0.29, 0.717) is 16.5 Å². The molecule has 2 aromatic rings. The van der Waals surface area contributed by atoms with E-state index in [9.17, 15) is 9.18 Å². The smallest absolute Gasteiger partial charge is 0.217 e. The number of carbonyl (C=O) groups is 1. The van der Waals surface area contributed by atoms with Crippen LogP contribution >= 0.6 is 11.6 Å². The maximum atomic E-state index is 14.4. The number of hydrogen-bond acceptors (Lipinski definition) is 5. The van der Waals surface area contributed by atoms with Gasteiger partial charge in [-0.2, -0.15) is 0 Å². The number of aromatic nitrogens is 2. The van der Waals surface area contributed by atoms with Crippen molar-refractivity contribution in [2.75, 3.05) is 6.54 Å². The molecular formula is C19H22ClFN6O. The summed E-state index contributed by atoms with van der Waals surface area (Å²) in [5, 5.41) is 10.6. The maximum absolute atomic E-state index is 14.4. The molecule has 4 N–H and O–H groups in total. The monoisotopic (exact) mass is 404 g/mol. The van der Waals surface area contributed by atoms with Gasteiger partial charge in [0.2, 0.25) is 5.91 Å². The van der Waals surface area contributed by atoms with E-state index >= 15 is 0 Å². The van der Waals surface area contributed by atoms with E-state index in [2.05, 4.69) is 30.9 Å². The lowest BCUT2D eigenvalue weighted by Crippen LogP contribution is -2.44. The first-order valence-electron chi connectivity index (χ1n) is 9.37. The van der Waals surface area contributed by atoms with Gasteiger partial charge in [0, 0.05) is 42.4 Å². The number of rotatable bonds is 4. The molecule has 2 aromatic heterocycles. The van der Waals surface area contributed by atoms with E-state index in [1.807, 2.05) is 0 Å². The quantitative estimate of drug-likeness (QED) is 0.630. The lowest BCUT2D eigenvalue weighted by Gasteiger charge is -2.31. The van der Waals surface area contributed by atoms with E-state index in [-0.39, 0.29) is 36.2 Å². The van der Waals surface area contributed by atoms with E-state index in [0.717, 1.165) is 36.6 Å². The molecule has 148 valence electrons. The first-order valence-corrected chi connectivity index (χ1v) is 9.75. The van der Waals surface area contributed by atoms with Crippen LogP contribution in [0.15, 0.2) is 35.1 Å². The Morgan fingerprint density at radius 1 is 1.36 bits per heavy atom. The minimum atomic E-state index is -0.332. The normalized spacial score (nSPS) is 22.6. The average Bonchev–Trinajstić information content (AvgIpc) is 3.06. The van der Waals surface area contributed by atoms with Crippen molar-refractivity contribution in [2.24, 2.45) is 4.99 Å². The first kappa shape index (κ1) is 18.7. The molecule has 0 bridgehead atoms. The molecule has 7 nitrogen and oxygen atoms in total. The van der Waals surface area contributed by atoms with Crippen molar-refractivity contribution in [1.82, 2.24) is 25.9 Å². The van der Waals surface area contributed by atoms with Gasteiger partial charge < -0.3 is 20.9 Å². The zero-order chi connectivity index (χ0) is 19.7. The second-order valence-electron chi connectivity index (χ2n) is 7.22. The van der Waals surface area contributed by atoms with Crippen LogP contribution in [-0.2, 0) is 4.79 Å². The minimum absolute atomic E-state index is 0.0372. The number of nitrogens with zero attached hydrogens (tertiary/aromatic N) is 2. The number of carbonyl (C=O) groups excluding carboxylic acids is 1.